The van der Waals surface area contributed by atoms with Crippen molar-refractivity contribution in [2.24, 2.45) is 5.92 Å². The van der Waals surface area contributed by atoms with E-state index in [1.54, 1.807) is 0 Å². The van der Waals surface area contributed by atoms with Crippen molar-refractivity contribution in [2.75, 3.05) is 13.2 Å². The minimum atomic E-state index is -0.377. The number of nitrogens with one attached hydrogen (secondary N) is 1. The topological polar surface area (TPSA) is 38.3 Å². The van der Waals surface area contributed by atoms with Crippen molar-refractivity contribution in [1.82, 2.24) is 5.32 Å². The number of carbonyl (C=O) groups excluding carboxylic acids is 1. The van der Waals surface area contributed by atoms with Crippen LogP contribution in [0.4, 0.5) is 0 Å². The van der Waals surface area contributed by atoms with Crippen LogP contribution in [0, 0.1) is 5.92 Å². The van der Waals surface area contributed by atoms with Crippen LogP contribution in [0.3, 0.4) is 0 Å². The molecule has 0 saturated carbocycles. The van der Waals surface area contributed by atoms with Gasteiger partial charge in [-0.1, -0.05) is 46.5 Å². The number of carbonyl (C=O) groups is 1. The van der Waals surface area contributed by atoms with E-state index in [0.29, 0.717) is 12.5 Å². The molecule has 0 spiro atoms. The summed E-state index contributed by atoms with van der Waals surface area (Å²) >= 11 is 0. The highest BCUT2D eigenvalue weighted by Gasteiger charge is 2.41. The van der Waals surface area contributed by atoms with Crippen molar-refractivity contribution in [3.63, 3.8) is 0 Å². The first-order valence-electron chi connectivity index (χ1n) is 8.10. The standard InChI is InChI=1S/C16H31NO2/c1-4-7-9-14(6-3)13-19-15(18)16(10-5-2)11-8-12-17-16/h14,17H,4-13H2,1-3H3. The number of hydrogen-bond acceptors (Lipinski definition) is 3. The Bertz CT molecular complexity index is 259. The molecule has 3 nitrogen and oxygen atoms in total. The van der Waals surface area contributed by atoms with Crippen LogP contribution in [-0.2, 0) is 9.53 Å². The van der Waals surface area contributed by atoms with E-state index in [1.165, 1.54) is 19.3 Å². The summed E-state index contributed by atoms with van der Waals surface area (Å²) in [6.45, 7) is 8.07. The largest absolute Gasteiger partial charge is 0.464 e. The van der Waals surface area contributed by atoms with Gasteiger partial charge in [-0.05, 0) is 38.1 Å². The number of unbranched alkanes of at least 4 members (excludes halogenated alkanes) is 1. The lowest BCUT2D eigenvalue weighted by Gasteiger charge is -2.27. The Kier molecular flexibility index (Phi) is 7.44. The van der Waals surface area contributed by atoms with Crippen molar-refractivity contribution in [1.29, 1.82) is 0 Å². The van der Waals surface area contributed by atoms with Gasteiger partial charge in [-0.25, -0.2) is 0 Å². The number of hydrogen-bond donors (Lipinski definition) is 1. The molecule has 2 unspecified atom stereocenters. The Balaban J connectivity index is 2.43. The molecule has 0 aliphatic carbocycles. The predicted molar refractivity (Wildman–Crippen MR) is 79.1 cm³/mol. The van der Waals surface area contributed by atoms with Crippen LogP contribution >= 0.6 is 0 Å². The van der Waals surface area contributed by atoms with Crippen LogP contribution in [-0.4, -0.2) is 24.7 Å². The Hall–Kier alpha value is -0.570. The predicted octanol–water partition coefficient (Wildman–Crippen LogP) is 3.67. The molecule has 0 radical (unpaired) electrons. The summed E-state index contributed by atoms with van der Waals surface area (Å²) in [5, 5.41) is 3.38. The van der Waals surface area contributed by atoms with Gasteiger partial charge in [0.05, 0.1) is 6.61 Å². The maximum Gasteiger partial charge on any atom is 0.326 e. The lowest BCUT2D eigenvalue weighted by Crippen LogP contribution is -2.48. The number of rotatable bonds is 9. The zero-order valence-corrected chi connectivity index (χ0v) is 13.0. The lowest BCUT2D eigenvalue weighted by atomic mass is 9.92. The molecule has 1 aliphatic heterocycles. The zero-order chi connectivity index (χ0) is 14.1. The molecular weight excluding hydrogens is 238 g/mol. The molecule has 3 heteroatoms. The van der Waals surface area contributed by atoms with E-state index < -0.39 is 0 Å². The van der Waals surface area contributed by atoms with E-state index in [4.69, 9.17) is 4.74 Å². The SMILES string of the molecule is CCCCC(CC)COC(=O)C1(CCC)CCCN1. The Morgan fingerprint density at radius 3 is 2.63 bits per heavy atom. The van der Waals surface area contributed by atoms with E-state index in [2.05, 4.69) is 26.1 Å². The van der Waals surface area contributed by atoms with Gasteiger partial charge < -0.3 is 10.1 Å². The smallest absolute Gasteiger partial charge is 0.326 e. The van der Waals surface area contributed by atoms with Crippen LogP contribution in [0.15, 0.2) is 0 Å². The van der Waals surface area contributed by atoms with Crippen LogP contribution in [0.1, 0.15) is 72.1 Å². The highest BCUT2D eigenvalue weighted by Crippen LogP contribution is 2.26. The maximum absolute atomic E-state index is 12.4. The van der Waals surface area contributed by atoms with Crippen molar-refractivity contribution in [2.45, 2.75) is 77.7 Å². The van der Waals surface area contributed by atoms with Crippen LogP contribution in [0.25, 0.3) is 0 Å². The van der Waals surface area contributed by atoms with E-state index in [0.717, 1.165) is 38.6 Å². The molecule has 112 valence electrons. The average Bonchev–Trinajstić information content (AvgIpc) is 2.89. The number of ether oxygens (including phenoxy) is 1. The summed E-state index contributed by atoms with van der Waals surface area (Å²) in [5.41, 5.74) is -0.377. The Labute approximate surface area is 118 Å². The molecule has 1 saturated heterocycles. The molecule has 1 fully saturated rings. The minimum absolute atomic E-state index is 0.0122. The number of esters is 1. The summed E-state index contributed by atoms with van der Waals surface area (Å²) in [6.07, 6.45) is 8.66. The first-order chi connectivity index (χ1) is 9.18. The van der Waals surface area contributed by atoms with Crippen LogP contribution < -0.4 is 5.32 Å². The molecule has 0 bridgehead atoms. The van der Waals surface area contributed by atoms with E-state index in [-0.39, 0.29) is 11.5 Å². The fourth-order valence-corrected chi connectivity index (χ4v) is 2.95. The molecule has 1 heterocycles. The molecule has 0 amide bonds. The minimum Gasteiger partial charge on any atom is -0.464 e. The summed E-state index contributed by atoms with van der Waals surface area (Å²) < 4.78 is 5.63. The first kappa shape index (κ1) is 16.5. The third-order valence-corrected chi connectivity index (χ3v) is 4.30. The zero-order valence-electron chi connectivity index (χ0n) is 13.0. The normalized spacial score (nSPS) is 24.4. The molecule has 0 aromatic rings. The van der Waals surface area contributed by atoms with Gasteiger partial charge in [0, 0.05) is 0 Å². The fourth-order valence-electron chi connectivity index (χ4n) is 2.95. The van der Waals surface area contributed by atoms with Gasteiger partial charge in [-0.15, -0.1) is 0 Å². The van der Waals surface area contributed by atoms with E-state index >= 15 is 0 Å². The fraction of sp³-hybridized carbons (Fsp3) is 0.938. The Morgan fingerprint density at radius 2 is 2.11 bits per heavy atom. The molecule has 1 N–H and O–H groups in total. The highest BCUT2D eigenvalue weighted by molar-refractivity contribution is 5.81. The summed E-state index contributed by atoms with van der Waals surface area (Å²) in [7, 11) is 0. The molecule has 0 aromatic heterocycles. The van der Waals surface area contributed by atoms with Crippen molar-refractivity contribution in [3.8, 4) is 0 Å². The third kappa shape index (κ3) is 4.79. The van der Waals surface area contributed by atoms with Crippen molar-refractivity contribution < 1.29 is 9.53 Å². The highest BCUT2D eigenvalue weighted by atomic mass is 16.5. The van der Waals surface area contributed by atoms with Crippen LogP contribution in [0.5, 0.6) is 0 Å². The molecule has 2 atom stereocenters. The van der Waals surface area contributed by atoms with Gasteiger partial charge in [0.15, 0.2) is 0 Å². The average molecular weight is 269 g/mol. The van der Waals surface area contributed by atoms with Gasteiger partial charge in [0.1, 0.15) is 5.54 Å². The second-order valence-corrected chi connectivity index (χ2v) is 5.88. The van der Waals surface area contributed by atoms with Gasteiger partial charge in [-0.2, -0.15) is 0 Å². The van der Waals surface area contributed by atoms with Gasteiger partial charge in [-0.3, -0.25) is 4.79 Å². The maximum atomic E-state index is 12.4. The van der Waals surface area contributed by atoms with Crippen molar-refractivity contribution >= 4 is 5.97 Å². The summed E-state index contributed by atoms with van der Waals surface area (Å²) in [5.74, 6) is 0.519. The van der Waals surface area contributed by atoms with Gasteiger partial charge >= 0.3 is 5.97 Å². The second kappa shape index (κ2) is 8.57. The first-order valence-corrected chi connectivity index (χ1v) is 8.10. The summed E-state index contributed by atoms with van der Waals surface area (Å²) in [6, 6.07) is 0. The van der Waals surface area contributed by atoms with Crippen LogP contribution in [0.2, 0.25) is 0 Å². The van der Waals surface area contributed by atoms with Crippen molar-refractivity contribution in [3.05, 3.63) is 0 Å². The summed E-state index contributed by atoms with van der Waals surface area (Å²) in [4.78, 5) is 12.4. The van der Waals surface area contributed by atoms with Gasteiger partial charge in [0.25, 0.3) is 0 Å². The molecule has 1 rings (SSSR count). The quantitative estimate of drug-likeness (QED) is 0.649. The second-order valence-electron chi connectivity index (χ2n) is 5.88. The molecule has 0 aromatic carbocycles. The molecular formula is C16H31NO2. The Morgan fingerprint density at radius 1 is 1.32 bits per heavy atom. The molecule has 19 heavy (non-hydrogen) atoms. The van der Waals surface area contributed by atoms with E-state index in [9.17, 15) is 4.79 Å². The third-order valence-electron chi connectivity index (χ3n) is 4.30. The monoisotopic (exact) mass is 269 g/mol. The molecule has 1 aliphatic rings. The lowest BCUT2D eigenvalue weighted by molar-refractivity contribution is -0.153. The van der Waals surface area contributed by atoms with Gasteiger partial charge in [0.2, 0.25) is 0 Å². The van der Waals surface area contributed by atoms with E-state index in [1.807, 2.05) is 0 Å².